The summed E-state index contributed by atoms with van der Waals surface area (Å²) < 4.78 is 22.3. The van der Waals surface area contributed by atoms with E-state index < -0.39 is 0 Å². The summed E-state index contributed by atoms with van der Waals surface area (Å²) >= 11 is 0. The molecule has 4 bridgehead atoms. The van der Waals surface area contributed by atoms with Gasteiger partial charge in [-0.1, -0.05) is 36.4 Å². The lowest BCUT2D eigenvalue weighted by molar-refractivity contribution is -0.172. The van der Waals surface area contributed by atoms with Crippen LogP contribution in [0, 0.1) is 23.7 Å². The molecule has 0 atom stereocenters. The highest BCUT2D eigenvalue weighted by atomic mass is 32.2. The molecule has 4 aromatic rings. The number of rotatable bonds is 9. The number of benzene rings is 4. The smallest absolute Gasteiger partial charge is 0.344 e. The fourth-order valence-electron chi connectivity index (χ4n) is 9.58. The average molecular weight is 727 g/mol. The van der Waals surface area contributed by atoms with Crippen LogP contribution >= 0.6 is 0 Å². The van der Waals surface area contributed by atoms with Gasteiger partial charge in [-0.3, -0.25) is 0 Å². The average Bonchev–Trinajstić information content (AvgIpc) is 3.90. The molecule has 2 aliphatic heterocycles. The Bertz CT molecular complexity index is 1830. The number of hydrogen-bond acceptors (Lipinski definition) is 6. The highest BCUT2D eigenvalue weighted by molar-refractivity contribution is 7.97. The number of esters is 2. The minimum Gasteiger partial charge on any atom is -0.481 e. The Kier molecular flexibility index (Phi) is 10.7. The summed E-state index contributed by atoms with van der Waals surface area (Å²) in [6, 6.07) is 25.2. The van der Waals surface area contributed by atoms with E-state index >= 15 is 0 Å². The molecule has 10 rings (SSSR count). The van der Waals surface area contributed by atoms with Crippen LogP contribution in [0.3, 0.4) is 0 Å². The fraction of sp³-hybridized carbons (Fsp3) is 0.488. The van der Waals surface area contributed by atoms with E-state index in [1.165, 1.54) is 108 Å². The van der Waals surface area contributed by atoms with Gasteiger partial charge in [-0.25, -0.2) is 9.59 Å². The second kappa shape index (κ2) is 15.7. The van der Waals surface area contributed by atoms with Gasteiger partial charge < -0.3 is 18.9 Å². The van der Waals surface area contributed by atoms with E-state index in [0.29, 0.717) is 33.6 Å². The maximum absolute atomic E-state index is 12.7. The van der Waals surface area contributed by atoms with Crippen LogP contribution in [0.4, 0.5) is 0 Å². The molecule has 268 valence electrons. The summed E-state index contributed by atoms with van der Waals surface area (Å²) in [7, 11) is 2.09. The van der Waals surface area contributed by atoms with Gasteiger partial charge in [-0.15, -0.1) is 0 Å². The van der Waals surface area contributed by atoms with Gasteiger partial charge in [0.2, 0.25) is 0 Å². The van der Waals surface area contributed by atoms with E-state index in [-0.39, 0.29) is 31.3 Å². The molecule has 2 saturated heterocycles. The summed E-state index contributed by atoms with van der Waals surface area (Å²) in [5.74, 6) is 9.19. The normalized spacial score (nSPS) is 25.5. The third-order valence-electron chi connectivity index (χ3n) is 11.7. The van der Waals surface area contributed by atoms with Crippen molar-refractivity contribution < 1.29 is 28.5 Å². The van der Waals surface area contributed by atoms with E-state index in [0.717, 1.165) is 34.1 Å². The first-order valence-electron chi connectivity index (χ1n) is 18.9. The highest BCUT2D eigenvalue weighted by Gasteiger charge is 2.50. The van der Waals surface area contributed by atoms with Gasteiger partial charge in [0.1, 0.15) is 40.6 Å². The maximum Gasteiger partial charge on any atom is 0.344 e. The zero-order valence-corrected chi connectivity index (χ0v) is 31.3. The van der Waals surface area contributed by atoms with Crippen molar-refractivity contribution in [3.05, 3.63) is 72.8 Å². The molecule has 0 amide bonds. The second-order valence-corrected chi connectivity index (χ2v) is 19.5. The first kappa shape index (κ1) is 34.7. The largest absolute Gasteiger partial charge is 0.481 e. The van der Waals surface area contributed by atoms with Gasteiger partial charge >= 0.3 is 11.9 Å². The SMILES string of the molecule is COC(=O)COc1ccc([S+]2CCCC2)c2ccccc12.O=C(COc1ccc([S+]2CCCC2)c2ccccc12)OC1C2CC3CC(C2)CC1C3. The van der Waals surface area contributed by atoms with E-state index in [2.05, 4.69) is 65.4 Å². The lowest BCUT2D eigenvalue weighted by Crippen LogP contribution is -2.50. The summed E-state index contributed by atoms with van der Waals surface area (Å²) in [5, 5.41) is 4.75. The van der Waals surface area contributed by atoms with Crippen molar-refractivity contribution in [3.63, 3.8) is 0 Å². The molecule has 4 saturated carbocycles. The predicted octanol–water partition coefficient (Wildman–Crippen LogP) is 8.52. The Morgan fingerprint density at radius 1 is 0.569 bits per heavy atom. The molecule has 6 nitrogen and oxygen atoms in total. The first-order valence-corrected chi connectivity index (χ1v) is 22.1. The van der Waals surface area contributed by atoms with Gasteiger partial charge in [0.15, 0.2) is 23.0 Å². The molecular weight excluding hydrogens is 677 g/mol. The zero-order chi connectivity index (χ0) is 34.7. The molecule has 2 heterocycles. The van der Waals surface area contributed by atoms with Crippen LogP contribution in [-0.2, 0) is 40.9 Å². The monoisotopic (exact) mass is 726 g/mol. The first-order chi connectivity index (χ1) is 25.0. The Balaban J connectivity index is 0.000000157. The minimum absolute atomic E-state index is 0.0118. The van der Waals surface area contributed by atoms with Crippen LogP contribution in [0.2, 0.25) is 0 Å². The Morgan fingerprint density at radius 3 is 1.45 bits per heavy atom. The predicted molar refractivity (Wildman–Crippen MR) is 207 cm³/mol. The topological polar surface area (TPSA) is 71.1 Å². The summed E-state index contributed by atoms with van der Waals surface area (Å²) in [4.78, 5) is 26.8. The molecule has 6 aliphatic rings. The summed E-state index contributed by atoms with van der Waals surface area (Å²) in [5.41, 5.74) is 0. The van der Waals surface area contributed by atoms with Gasteiger partial charge in [0.05, 0.1) is 7.11 Å². The zero-order valence-electron chi connectivity index (χ0n) is 29.7. The van der Waals surface area contributed by atoms with Crippen molar-refractivity contribution in [2.75, 3.05) is 43.3 Å². The molecule has 0 unspecified atom stereocenters. The van der Waals surface area contributed by atoms with Crippen LogP contribution < -0.4 is 9.47 Å². The van der Waals surface area contributed by atoms with Gasteiger partial charge in [0.25, 0.3) is 0 Å². The van der Waals surface area contributed by atoms with E-state index in [1.54, 1.807) is 0 Å². The molecular formula is C43H50O6S2+2. The van der Waals surface area contributed by atoms with Gasteiger partial charge in [0, 0.05) is 43.3 Å². The second-order valence-electron chi connectivity index (χ2n) is 15.0. The molecule has 8 heteroatoms. The lowest BCUT2D eigenvalue weighted by Gasteiger charge is -2.53. The molecule has 0 aromatic heterocycles. The summed E-state index contributed by atoms with van der Waals surface area (Å²) in [6.45, 7) is -0.0383. The maximum atomic E-state index is 12.7. The third kappa shape index (κ3) is 7.59. The Labute approximate surface area is 307 Å². The van der Waals surface area contributed by atoms with E-state index in [4.69, 9.17) is 14.2 Å². The number of fused-ring (bicyclic) bond motifs is 2. The summed E-state index contributed by atoms with van der Waals surface area (Å²) in [6.07, 6.45) is 12.0. The van der Waals surface area contributed by atoms with Crippen molar-refractivity contribution in [3.8, 4) is 11.5 Å². The molecule has 0 spiro atoms. The van der Waals surface area contributed by atoms with Crippen molar-refractivity contribution in [1.29, 1.82) is 0 Å². The minimum atomic E-state index is -0.360. The van der Waals surface area contributed by atoms with E-state index in [1.807, 2.05) is 12.1 Å². The van der Waals surface area contributed by atoms with Crippen molar-refractivity contribution >= 4 is 55.3 Å². The molecule has 0 radical (unpaired) electrons. The number of hydrogen-bond donors (Lipinski definition) is 0. The number of methoxy groups -OCH3 is 1. The molecule has 51 heavy (non-hydrogen) atoms. The third-order valence-corrected chi connectivity index (χ3v) is 16.8. The van der Waals surface area contributed by atoms with Crippen molar-refractivity contribution in [2.45, 2.75) is 73.7 Å². The van der Waals surface area contributed by atoms with Crippen LogP contribution in [0.5, 0.6) is 11.5 Å². The lowest BCUT2D eigenvalue weighted by atomic mass is 9.55. The van der Waals surface area contributed by atoms with Crippen LogP contribution in [0.15, 0.2) is 82.6 Å². The quantitative estimate of drug-likeness (QED) is 0.127. The van der Waals surface area contributed by atoms with Crippen molar-refractivity contribution in [1.82, 2.24) is 0 Å². The molecule has 0 N–H and O–H groups in total. The number of carbonyl (C=O) groups is 2. The standard InChI is InChI=1S/C26H31O3S.C17H19O3S/c27-25(29-26-19-12-17-11-18(14-19)15-20(26)13-17)16-28-23-7-8-24(30-9-3-4-10-30)22-6-2-1-5-21(22)23;1-19-17(18)12-20-15-8-9-16(21-10-4-5-11-21)14-7-3-2-6-13(14)15/h1-2,5-8,17-20,26H,3-4,9-16H2;2-3,6-9H,4-5,10-12H2,1H3/q2*+1. The van der Waals surface area contributed by atoms with Crippen LogP contribution in [-0.4, -0.2) is 61.4 Å². The van der Waals surface area contributed by atoms with Crippen molar-refractivity contribution in [2.24, 2.45) is 23.7 Å². The molecule has 4 aliphatic carbocycles. The van der Waals surface area contributed by atoms with Crippen LogP contribution in [0.25, 0.3) is 21.5 Å². The van der Waals surface area contributed by atoms with E-state index in [9.17, 15) is 9.59 Å². The molecule has 6 fully saturated rings. The number of ether oxygens (including phenoxy) is 4. The van der Waals surface area contributed by atoms with Gasteiger partial charge in [-0.2, -0.15) is 0 Å². The molecule has 4 aromatic carbocycles. The number of carbonyl (C=O) groups excluding carboxylic acids is 2. The Morgan fingerprint density at radius 2 is 1.00 bits per heavy atom. The highest BCUT2D eigenvalue weighted by Crippen LogP contribution is 2.54. The fourth-order valence-corrected chi connectivity index (χ4v) is 14.6. The van der Waals surface area contributed by atoms with Gasteiger partial charge in [-0.05, 0) is 118 Å². The van der Waals surface area contributed by atoms with Crippen LogP contribution in [0.1, 0.15) is 57.8 Å². The Hall–Kier alpha value is -3.36.